The zero-order valence-electron chi connectivity index (χ0n) is 17.9. The Bertz CT molecular complexity index is 1190. The van der Waals surface area contributed by atoms with Crippen molar-refractivity contribution in [2.45, 2.75) is 32.1 Å². The van der Waals surface area contributed by atoms with Crippen LogP contribution in [0.4, 0.5) is 5.69 Å². The van der Waals surface area contributed by atoms with Crippen LogP contribution < -0.4 is 15.4 Å². The summed E-state index contributed by atoms with van der Waals surface area (Å²) in [5.41, 5.74) is 11.0. The predicted molar refractivity (Wildman–Crippen MR) is 126 cm³/mol. The average Bonchev–Trinajstić information content (AvgIpc) is 2.79. The smallest absolute Gasteiger partial charge is 0.161 e. The fourth-order valence-electron chi connectivity index (χ4n) is 4.35. The molecule has 0 unspecified atom stereocenters. The molecule has 6 heteroatoms. The second-order valence-electron chi connectivity index (χ2n) is 7.92. The van der Waals surface area contributed by atoms with E-state index in [4.69, 9.17) is 22.1 Å². The van der Waals surface area contributed by atoms with Gasteiger partial charge in [-0.05, 0) is 55.2 Å². The number of hydrogen-bond donors (Lipinski definition) is 1. The normalized spacial score (nSPS) is 18.3. The van der Waals surface area contributed by atoms with E-state index in [-0.39, 0.29) is 5.78 Å². The molecule has 2 aliphatic rings. The summed E-state index contributed by atoms with van der Waals surface area (Å²) in [4.78, 5) is 15.0. The number of Topliss-reactive ketones (excluding diaryl/α,β-unsaturated/α-hetero) is 1. The molecule has 0 aromatic heterocycles. The molecule has 32 heavy (non-hydrogen) atoms. The van der Waals surface area contributed by atoms with Gasteiger partial charge in [0.15, 0.2) is 5.78 Å². The van der Waals surface area contributed by atoms with Crippen LogP contribution in [-0.4, -0.2) is 12.4 Å². The van der Waals surface area contributed by atoms with Gasteiger partial charge in [0.1, 0.15) is 18.2 Å². The van der Waals surface area contributed by atoms with Crippen molar-refractivity contribution in [2.24, 2.45) is 5.73 Å². The highest BCUT2D eigenvalue weighted by atomic mass is 35.5. The molecular formula is C26H24ClN3O2. The van der Waals surface area contributed by atoms with E-state index < -0.39 is 5.92 Å². The summed E-state index contributed by atoms with van der Waals surface area (Å²) in [5.74, 6) is 0.568. The van der Waals surface area contributed by atoms with E-state index in [0.717, 1.165) is 28.9 Å². The van der Waals surface area contributed by atoms with Gasteiger partial charge >= 0.3 is 0 Å². The van der Waals surface area contributed by atoms with Gasteiger partial charge in [0.25, 0.3) is 0 Å². The molecule has 2 N–H and O–H groups in total. The zero-order chi connectivity index (χ0) is 22.8. The molecule has 1 aliphatic carbocycles. The molecule has 0 amide bonds. The van der Waals surface area contributed by atoms with Gasteiger partial charge in [0.05, 0.1) is 17.6 Å². The van der Waals surface area contributed by atoms with Gasteiger partial charge in [-0.3, -0.25) is 9.69 Å². The van der Waals surface area contributed by atoms with Crippen LogP contribution in [0.15, 0.2) is 77.8 Å². The Morgan fingerprint density at radius 1 is 1.28 bits per heavy atom. The number of ketones is 1. The molecule has 2 aromatic carbocycles. The highest BCUT2D eigenvalue weighted by Gasteiger charge is 2.40. The molecule has 162 valence electrons. The molecule has 1 heterocycles. The van der Waals surface area contributed by atoms with Crippen LogP contribution >= 0.6 is 11.6 Å². The maximum atomic E-state index is 13.2. The first-order valence-electron chi connectivity index (χ1n) is 10.5. The Balaban J connectivity index is 1.86. The molecule has 2 aromatic rings. The van der Waals surface area contributed by atoms with Crippen LogP contribution in [0.3, 0.4) is 0 Å². The first kappa shape index (κ1) is 21.7. The van der Waals surface area contributed by atoms with E-state index >= 15 is 0 Å². The predicted octanol–water partition coefficient (Wildman–Crippen LogP) is 5.52. The molecule has 1 aliphatic heterocycles. The van der Waals surface area contributed by atoms with Gasteiger partial charge in [-0.2, -0.15) is 5.26 Å². The number of nitrogens with zero attached hydrogens (tertiary/aromatic N) is 2. The molecule has 0 fully saturated rings. The number of allylic oxidation sites excluding steroid dienone is 3. The largest absolute Gasteiger partial charge is 0.490 e. The molecule has 0 radical (unpaired) electrons. The van der Waals surface area contributed by atoms with E-state index in [1.807, 2.05) is 54.3 Å². The molecule has 0 spiro atoms. The molecule has 4 rings (SSSR count). The van der Waals surface area contributed by atoms with Crippen LogP contribution in [-0.2, 0) is 4.79 Å². The molecular weight excluding hydrogens is 422 g/mol. The Morgan fingerprint density at radius 3 is 2.69 bits per heavy atom. The summed E-state index contributed by atoms with van der Waals surface area (Å²) in [5, 5.41) is 10.7. The third-order valence-electron chi connectivity index (χ3n) is 5.91. The van der Waals surface area contributed by atoms with Crippen molar-refractivity contribution in [1.29, 1.82) is 5.26 Å². The standard InChI is InChI=1S/C26H24ClN3O2/c1-3-13-32-19-11-8-17(9-12-19)24-20(15-28)26(29)30(18-10-7-16(2)21(27)14-18)22-5-4-6-23(31)25(22)24/h3,7-12,14,24H,1,4-6,13,29H2,2H3/t24-/m1/s1. The lowest BCUT2D eigenvalue weighted by Crippen LogP contribution is -2.38. The minimum absolute atomic E-state index is 0.0479. The van der Waals surface area contributed by atoms with Gasteiger partial charge in [-0.1, -0.05) is 42.5 Å². The number of anilines is 1. The number of benzene rings is 2. The summed E-state index contributed by atoms with van der Waals surface area (Å²) in [7, 11) is 0. The first-order chi connectivity index (χ1) is 15.5. The quantitative estimate of drug-likeness (QED) is 0.613. The number of nitrogens with two attached hydrogens (primary N) is 1. The van der Waals surface area contributed by atoms with Crippen molar-refractivity contribution in [1.82, 2.24) is 0 Å². The minimum Gasteiger partial charge on any atom is -0.490 e. The third kappa shape index (κ3) is 3.79. The number of hydrogen-bond acceptors (Lipinski definition) is 5. The molecule has 0 saturated heterocycles. The minimum atomic E-state index is -0.506. The van der Waals surface area contributed by atoms with Crippen molar-refractivity contribution >= 4 is 23.1 Å². The van der Waals surface area contributed by atoms with Crippen molar-refractivity contribution in [2.75, 3.05) is 11.5 Å². The van der Waals surface area contributed by atoms with E-state index in [1.54, 1.807) is 6.08 Å². The summed E-state index contributed by atoms with van der Waals surface area (Å²) in [6, 6.07) is 15.4. The van der Waals surface area contributed by atoms with Gasteiger partial charge < -0.3 is 10.5 Å². The summed E-state index contributed by atoms with van der Waals surface area (Å²) < 4.78 is 5.58. The fourth-order valence-corrected chi connectivity index (χ4v) is 4.52. The SMILES string of the molecule is C=CCOc1ccc([C@@H]2C(C#N)=C(N)N(c3ccc(C)c(Cl)c3)C3=C2C(=O)CCC3)cc1. The number of halogens is 1. The van der Waals surface area contributed by atoms with E-state index in [9.17, 15) is 10.1 Å². The van der Waals surface area contributed by atoms with E-state index in [1.165, 1.54) is 0 Å². The van der Waals surface area contributed by atoms with E-state index in [0.29, 0.717) is 47.2 Å². The fraction of sp³-hybridized carbons (Fsp3) is 0.231. The Labute approximate surface area is 193 Å². The Hall–Kier alpha value is -3.49. The van der Waals surface area contributed by atoms with Crippen LogP contribution in [0.5, 0.6) is 5.75 Å². The van der Waals surface area contributed by atoms with Gasteiger partial charge in [0.2, 0.25) is 0 Å². The number of carbonyl (C=O) groups excluding carboxylic acids is 1. The van der Waals surface area contributed by atoms with Gasteiger partial charge in [0, 0.05) is 28.4 Å². The lowest BCUT2D eigenvalue weighted by atomic mass is 9.75. The van der Waals surface area contributed by atoms with Crippen LogP contribution in [0.1, 0.15) is 36.3 Å². The summed E-state index contributed by atoms with van der Waals surface area (Å²) >= 11 is 6.38. The van der Waals surface area contributed by atoms with Gasteiger partial charge in [-0.25, -0.2) is 0 Å². The molecule has 0 bridgehead atoms. The lowest BCUT2D eigenvalue weighted by Gasteiger charge is -2.39. The number of ether oxygens (including phenoxy) is 1. The van der Waals surface area contributed by atoms with Gasteiger partial charge in [-0.15, -0.1) is 0 Å². The second-order valence-corrected chi connectivity index (χ2v) is 8.33. The number of rotatable bonds is 5. The number of aryl methyl sites for hydroxylation is 1. The third-order valence-corrected chi connectivity index (χ3v) is 6.32. The van der Waals surface area contributed by atoms with Crippen LogP contribution in [0, 0.1) is 18.3 Å². The van der Waals surface area contributed by atoms with Crippen molar-refractivity contribution < 1.29 is 9.53 Å². The average molecular weight is 446 g/mol. The molecule has 5 nitrogen and oxygen atoms in total. The second kappa shape index (κ2) is 8.94. The lowest BCUT2D eigenvalue weighted by molar-refractivity contribution is -0.116. The van der Waals surface area contributed by atoms with E-state index in [2.05, 4.69) is 12.6 Å². The van der Waals surface area contributed by atoms with Crippen molar-refractivity contribution in [3.63, 3.8) is 0 Å². The summed E-state index contributed by atoms with van der Waals surface area (Å²) in [6.07, 6.45) is 3.57. The molecule has 1 atom stereocenters. The topological polar surface area (TPSA) is 79.3 Å². The first-order valence-corrected chi connectivity index (χ1v) is 10.9. The number of carbonyl (C=O) groups is 1. The maximum absolute atomic E-state index is 13.2. The van der Waals surface area contributed by atoms with Crippen molar-refractivity contribution in [3.05, 3.63) is 93.9 Å². The summed E-state index contributed by atoms with van der Waals surface area (Å²) in [6.45, 7) is 5.98. The monoisotopic (exact) mass is 445 g/mol. The van der Waals surface area contributed by atoms with Crippen molar-refractivity contribution in [3.8, 4) is 11.8 Å². The Kier molecular flexibility index (Phi) is 6.07. The van der Waals surface area contributed by atoms with Crippen LogP contribution in [0.2, 0.25) is 5.02 Å². The highest BCUT2D eigenvalue weighted by Crippen LogP contribution is 2.46. The maximum Gasteiger partial charge on any atom is 0.161 e. The number of nitriles is 1. The zero-order valence-corrected chi connectivity index (χ0v) is 18.7. The molecule has 0 saturated carbocycles. The Morgan fingerprint density at radius 2 is 2.03 bits per heavy atom. The van der Waals surface area contributed by atoms with Crippen LogP contribution in [0.25, 0.3) is 0 Å². The highest BCUT2D eigenvalue weighted by molar-refractivity contribution is 6.31.